The summed E-state index contributed by atoms with van der Waals surface area (Å²) >= 11 is 0. The first kappa shape index (κ1) is 14.7. The van der Waals surface area contributed by atoms with E-state index >= 15 is 0 Å². The number of nitro groups is 1. The van der Waals surface area contributed by atoms with E-state index in [1.165, 1.54) is 0 Å². The molecule has 1 N–H and O–H groups in total. The van der Waals surface area contributed by atoms with Gasteiger partial charge in [0.2, 0.25) is 0 Å². The van der Waals surface area contributed by atoms with Gasteiger partial charge in [-0.15, -0.1) is 0 Å². The van der Waals surface area contributed by atoms with Crippen LogP contribution in [0.1, 0.15) is 26.7 Å². The molecule has 0 radical (unpaired) electrons. The molecule has 6 heteroatoms. The van der Waals surface area contributed by atoms with Crippen LogP contribution in [0.25, 0.3) is 0 Å². The Kier molecular flexibility index (Phi) is 3.94. The van der Waals surface area contributed by atoms with E-state index in [-0.39, 0.29) is 23.0 Å². The van der Waals surface area contributed by atoms with Crippen molar-refractivity contribution in [3.05, 3.63) is 34.1 Å². The normalized spacial score (nSPS) is 28.8. The average molecular weight is 282 g/mol. The lowest BCUT2D eigenvalue weighted by Gasteiger charge is -2.53. The van der Waals surface area contributed by atoms with Crippen LogP contribution in [0.2, 0.25) is 0 Å². The number of hydrogen-bond donors (Lipinski definition) is 1. The van der Waals surface area contributed by atoms with Gasteiger partial charge in [0.15, 0.2) is 5.75 Å². The Morgan fingerprint density at radius 3 is 2.85 bits per heavy atom. The Balaban J connectivity index is 2.23. The highest BCUT2D eigenvalue weighted by atomic mass is 19.1. The van der Waals surface area contributed by atoms with E-state index in [9.17, 15) is 14.5 Å². The molecule has 20 heavy (non-hydrogen) atoms. The summed E-state index contributed by atoms with van der Waals surface area (Å²) in [4.78, 5) is 10.4. The molecular formula is C14H19FN2O3. The quantitative estimate of drug-likeness (QED) is 0.666. The molecule has 0 saturated heterocycles. The van der Waals surface area contributed by atoms with Gasteiger partial charge in [0.1, 0.15) is 11.9 Å². The Morgan fingerprint density at radius 1 is 1.60 bits per heavy atom. The molecule has 1 aromatic carbocycles. The molecule has 1 aromatic rings. The minimum absolute atomic E-state index is 0.00854. The number of rotatable bonds is 5. The van der Waals surface area contributed by atoms with Crippen LogP contribution >= 0.6 is 0 Å². The summed E-state index contributed by atoms with van der Waals surface area (Å²) < 4.78 is 19.0. The first-order valence-corrected chi connectivity index (χ1v) is 6.70. The summed E-state index contributed by atoms with van der Waals surface area (Å²) in [5, 5.41) is 14.2. The van der Waals surface area contributed by atoms with Crippen molar-refractivity contribution < 1.29 is 14.1 Å². The molecule has 3 unspecified atom stereocenters. The molecule has 0 heterocycles. The van der Waals surface area contributed by atoms with E-state index < -0.39 is 10.7 Å². The van der Waals surface area contributed by atoms with Gasteiger partial charge in [-0.05, 0) is 19.5 Å². The van der Waals surface area contributed by atoms with Crippen LogP contribution in [-0.4, -0.2) is 24.1 Å². The number of hydrogen-bond acceptors (Lipinski definition) is 4. The SMILES string of the molecule is CCC1(C)C(NC)CC1Oc1cc(F)ccc1[N+](=O)[O-]. The summed E-state index contributed by atoms with van der Waals surface area (Å²) in [6.45, 7) is 4.13. The van der Waals surface area contributed by atoms with Gasteiger partial charge in [-0.2, -0.15) is 0 Å². The molecule has 0 aromatic heterocycles. The van der Waals surface area contributed by atoms with Crippen molar-refractivity contribution in [2.75, 3.05) is 7.05 Å². The van der Waals surface area contributed by atoms with E-state index in [2.05, 4.69) is 19.2 Å². The first-order chi connectivity index (χ1) is 9.42. The standard InChI is InChI=1S/C14H19FN2O3/c1-4-14(2)12(16-3)8-13(14)20-11-7-9(15)5-6-10(11)17(18)19/h5-7,12-13,16H,4,8H2,1-3H3. The Hall–Kier alpha value is -1.69. The highest BCUT2D eigenvalue weighted by Gasteiger charge is 2.51. The highest BCUT2D eigenvalue weighted by Crippen LogP contribution is 2.46. The molecule has 1 aliphatic rings. The van der Waals surface area contributed by atoms with E-state index in [0.717, 1.165) is 31.0 Å². The molecule has 0 bridgehead atoms. The number of ether oxygens (including phenoxy) is 1. The van der Waals surface area contributed by atoms with Gasteiger partial charge in [-0.25, -0.2) is 4.39 Å². The third kappa shape index (κ3) is 2.35. The van der Waals surface area contributed by atoms with E-state index in [1.54, 1.807) is 0 Å². The zero-order valence-corrected chi connectivity index (χ0v) is 11.9. The predicted molar refractivity (Wildman–Crippen MR) is 73.3 cm³/mol. The summed E-state index contributed by atoms with van der Waals surface area (Å²) in [5.74, 6) is -0.525. The number of halogens is 1. The maximum atomic E-state index is 13.3. The Morgan fingerprint density at radius 2 is 2.30 bits per heavy atom. The van der Waals surface area contributed by atoms with Crippen molar-refractivity contribution in [2.24, 2.45) is 5.41 Å². The molecule has 3 atom stereocenters. The summed E-state index contributed by atoms with van der Waals surface area (Å²) in [7, 11) is 1.89. The largest absolute Gasteiger partial charge is 0.483 e. The van der Waals surface area contributed by atoms with Crippen LogP contribution in [0.3, 0.4) is 0 Å². The van der Waals surface area contributed by atoms with Gasteiger partial charge in [0.25, 0.3) is 0 Å². The summed E-state index contributed by atoms with van der Waals surface area (Å²) in [5.41, 5.74) is -0.299. The number of nitro benzene ring substituents is 1. The van der Waals surface area contributed by atoms with Gasteiger partial charge in [-0.3, -0.25) is 10.1 Å². The van der Waals surface area contributed by atoms with Crippen LogP contribution in [0, 0.1) is 21.3 Å². The zero-order chi connectivity index (χ0) is 14.9. The van der Waals surface area contributed by atoms with Crippen LogP contribution in [0.4, 0.5) is 10.1 Å². The van der Waals surface area contributed by atoms with Crippen LogP contribution in [0.15, 0.2) is 18.2 Å². The smallest absolute Gasteiger partial charge is 0.311 e. The number of nitrogens with one attached hydrogen (secondary N) is 1. The molecule has 1 saturated carbocycles. The van der Waals surface area contributed by atoms with Crippen molar-refractivity contribution in [1.82, 2.24) is 5.32 Å². The van der Waals surface area contributed by atoms with E-state index in [0.29, 0.717) is 6.04 Å². The third-order valence-corrected chi connectivity index (χ3v) is 4.48. The Bertz CT molecular complexity index is 523. The van der Waals surface area contributed by atoms with Gasteiger partial charge >= 0.3 is 5.69 Å². The van der Waals surface area contributed by atoms with Gasteiger partial charge < -0.3 is 10.1 Å². The molecule has 0 spiro atoms. The second-order valence-electron chi connectivity index (χ2n) is 5.41. The van der Waals surface area contributed by atoms with Gasteiger partial charge in [0.05, 0.1) is 4.92 Å². The van der Waals surface area contributed by atoms with Crippen LogP contribution in [-0.2, 0) is 0 Å². The number of benzene rings is 1. The van der Waals surface area contributed by atoms with Crippen molar-refractivity contribution in [3.63, 3.8) is 0 Å². The maximum absolute atomic E-state index is 13.3. The number of nitrogens with zero attached hydrogens (tertiary/aromatic N) is 1. The van der Waals surface area contributed by atoms with Crippen LogP contribution < -0.4 is 10.1 Å². The maximum Gasteiger partial charge on any atom is 0.311 e. The van der Waals surface area contributed by atoms with Crippen molar-refractivity contribution >= 4 is 5.69 Å². The molecule has 110 valence electrons. The molecule has 0 amide bonds. The van der Waals surface area contributed by atoms with Crippen molar-refractivity contribution in [3.8, 4) is 5.75 Å². The molecule has 1 aliphatic carbocycles. The molecular weight excluding hydrogens is 263 g/mol. The van der Waals surface area contributed by atoms with Gasteiger partial charge in [0, 0.05) is 30.0 Å². The molecule has 0 aliphatic heterocycles. The predicted octanol–water partition coefficient (Wildman–Crippen LogP) is 2.89. The topological polar surface area (TPSA) is 64.4 Å². The second kappa shape index (κ2) is 5.36. The molecule has 2 rings (SSSR count). The average Bonchev–Trinajstić information content (AvgIpc) is 2.41. The third-order valence-electron chi connectivity index (χ3n) is 4.48. The fraction of sp³-hybridized carbons (Fsp3) is 0.571. The lowest BCUT2D eigenvalue weighted by Crippen LogP contribution is -2.62. The van der Waals surface area contributed by atoms with Crippen molar-refractivity contribution in [1.29, 1.82) is 0 Å². The van der Waals surface area contributed by atoms with Gasteiger partial charge in [-0.1, -0.05) is 13.8 Å². The van der Waals surface area contributed by atoms with E-state index in [4.69, 9.17) is 4.74 Å². The Labute approximate surface area is 117 Å². The van der Waals surface area contributed by atoms with E-state index in [1.807, 2.05) is 7.05 Å². The summed E-state index contributed by atoms with van der Waals surface area (Å²) in [6.07, 6.45) is 1.49. The molecule has 5 nitrogen and oxygen atoms in total. The van der Waals surface area contributed by atoms with Crippen molar-refractivity contribution in [2.45, 2.75) is 38.8 Å². The monoisotopic (exact) mass is 282 g/mol. The molecule has 1 fully saturated rings. The fourth-order valence-corrected chi connectivity index (χ4v) is 2.81. The minimum Gasteiger partial charge on any atom is -0.483 e. The first-order valence-electron chi connectivity index (χ1n) is 6.70. The summed E-state index contributed by atoms with van der Waals surface area (Å²) in [6, 6.07) is 3.61. The lowest BCUT2D eigenvalue weighted by atomic mass is 9.61. The van der Waals surface area contributed by atoms with Crippen LogP contribution in [0.5, 0.6) is 5.75 Å². The zero-order valence-electron chi connectivity index (χ0n) is 11.9. The second-order valence-corrected chi connectivity index (χ2v) is 5.41. The lowest BCUT2D eigenvalue weighted by molar-refractivity contribution is -0.386. The highest BCUT2D eigenvalue weighted by molar-refractivity contribution is 5.46. The minimum atomic E-state index is -0.549. The fourth-order valence-electron chi connectivity index (χ4n) is 2.81.